The fourth-order valence-corrected chi connectivity index (χ4v) is 2.35. The van der Waals surface area contributed by atoms with Gasteiger partial charge in [0.1, 0.15) is 0 Å². The molecule has 3 rings (SSSR count). The molecule has 0 fully saturated rings. The van der Waals surface area contributed by atoms with Crippen LogP contribution in [-0.2, 0) is 6.42 Å². The third-order valence-electron chi connectivity index (χ3n) is 3.30. The summed E-state index contributed by atoms with van der Waals surface area (Å²) in [5, 5.41) is 3.48. The molecule has 7 heteroatoms. The molecule has 0 aliphatic rings. The third-order valence-corrected chi connectivity index (χ3v) is 3.30. The molecule has 0 unspecified atom stereocenters. The number of fused-ring (bicyclic) bond motifs is 3. The number of benzene rings is 1. The first-order valence-electron chi connectivity index (χ1n) is 6.22. The molecular formula is C13H12N6O. The van der Waals surface area contributed by atoms with Gasteiger partial charge in [0.25, 0.3) is 5.56 Å². The van der Waals surface area contributed by atoms with Crippen molar-refractivity contribution in [2.24, 2.45) is 5.11 Å². The summed E-state index contributed by atoms with van der Waals surface area (Å²) in [6.45, 7) is 2.09. The second-order valence-electron chi connectivity index (χ2n) is 4.50. The number of azide groups is 1. The molecule has 1 aromatic carbocycles. The highest BCUT2D eigenvalue weighted by atomic mass is 16.1. The Morgan fingerprint density at radius 1 is 1.45 bits per heavy atom. The number of nitrogens with one attached hydrogen (secondary N) is 1. The predicted molar refractivity (Wildman–Crippen MR) is 75.8 cm³/mol. The lowest BCUT2D eigenvalue weighted by molar-refractivity contribution is 0.887. The van der Waals surface area contributed by atoms with Crippen LogP contribution in [0.15, 0.2) is 34.2 Å². The van der Waals surface area contributed by atoms with Crippen molar-refractivity contribution < 1.29 is 0 Å². The normalized spacial score (nSPS) is 10.8. The summed E-state index contributed by atoms with van der Waals surface area (Å²) in [4.78, 5) is 22.8. The van der Waals surface area contributed by atoms with Crippen molar-refractivity contribution in [1.29, 1.82) is 0 Å². The summed E-state index contributed by atoms with van der Waals surface area (Å²) in [5.41, 5.74) is 11.1. The minimum atomic E-state index is -0.113. The molecule has 3 aromatic rings. The van der Waals surface area contributed by atoms with E-state index >= 15 is 0 Å². The number of aromatic nitrogens is 3. The van der Waals surface area contributed by atoms with Gasteiger partial charge in [-0.15, -0.1) is 0 Å². The van der Waals surface area contributed by atoms with E-state index < -0.39 is 0 Å². The highest BCUT2D eigenvalue weighted by Crippen LogP contribution is 2.14. The molecule has 0 radical (unpaired) electrons. The van der Waals surface area contributed by atoms with Gasteiger partial charge in [0.2, 0.25) is 5.78 Å². The quantitative estimate of drug-likeness (QED) is 0.448. The van der Waals surface area contributed by atoms with Crippen LogP contribution in [0.25, 0.3) is 27.3 Å². The van der Waals surface area contributed by atoms with Gasteiger partial charge in [-0.3, -0.25) is 4.79 Å². The molecular weight excluding hydrogens is 256 g/mol. The summed E-state index contributed by atoms with van der Waals surface area (Å²) in [5.74, 6) is 0.529. The molecule has 0 amide bonds. The van der Waals surface area contributed by atoms with E-state index in [-0.39, 0.29) is 12.1 Å². The van der Waals surface area contributed by atoms with E-state index in [1.54, 1.807) is 4.40 Å². The number of aromatic amines is 1. The Bertz CT molecular complexity index is 900. The van der Waals surface area contributed by atoms with E-state index in [1.807, 2.05) is 31.2 Å². The van der Waals surface area contributed by atoms with Gasteiger partial charge >= 0.3 is 0 Å². The van der Waals surface area contributed by atoms with Crippen LogP contribution in [-0.4, -0.2) is 20.9 Å². The van der Waals surface area contributed by atoms with Crippen molar-refractivity contribution in [2.45, 2.75) is 13.3 Å². The van der Waals surface area contributed by atoms with Gasteiger partial charge in [-0.25, -0.2) is 9.38 Å². The largest absolute Gasteiger partial charge is 0.329 e. The maximum atomic E-state index is 12.6. The van der Waals surface area contributed by atoms with Crippen LogP contribution in [0.1, 0.15) is 11.3 Å². The second-order valence-corrected chi connectivity index (χ2v) is 4.50. The van der Waals surface area contributed by atoms with Crippen LogP contribution in [0.5, 0.6) is 0 Å². The van der Waals surface area contributed by atoms with Crippen molar-refractivity contribution in [2.75, 3.05) is 6.54 Å². The second kappa shape index (κ2) is 4.71. The molecule has 0 atom stereocenters. The number of rotatable bonds is 3. The van der Waals surface area contributed by atoms with E-state index in [4.69, 9.17) is 5.53 Å². The minimum Gasteiger partial charge on any atom is -0.329 e. The number of hydrogen-bond acceptors (Lipinski definition) is 3. The Kier molecular flexibility index (Phi) is 2.89. The van der Waals surface area contributed by atoms with Crippen LogP contribution in [0.4, 0.5) is 0 Å². The molecule has 0 aliphatic heterocycles. The fraction of sp³-hybridized carbons (Fsp3) is 0.231. The number of nitrogens with zero attached hydrogens (tertiary/aromatic N) is 5. The molecule has 100 valence electrons. The van der Waals surface area contributed by atoms with E-state index in [0.29, 0.717) is 17.8 Å². The predicted octanol–water partition coefficient (Wildman–Crippen LogP) is 2.34. The maximum Gasteiger partial charge on any atom is 0.262 e. The van der Waals surface area contributed by atoms with Crippen LogP contribution in [0.3, 0.4) is 0 Å². The lowest BCUT2D eigenvalue weighted by atomic mass is 10.2. The monoisotopic (exact) mass is 268 g/mol. The van der Waals surface area contributed by atoms with E-state index in [0.717, 1.165) is 16.7 Å². The highest BCUT2D eigenvalue weighted by molar-refractivity contribution is 5.79. The van der Waals surface area contributed by atoms with Gasteiger partial charge in [-0.05, 0) is 31.0 Å². The molecule has 0 aliphatic carbocycles. The maximum absolute atomic E-state index is 12.6. The van der Waals surface area contributed by atoms with E-state index in [1.165, 1.54) is 0 Å². The van der Waals surface area contributed by atoms with Gasteiger partial charge in [-0.2, -0.15) is 0 Å². The van der Waals surface area contributed by atoms with Gasteiger partial charge in [0.15, 0.2) is 0 Å². The molecule has 20 heavy (non-hydrogen) atoms. The number of para-hydroxylation sites is 2. The smallest absolute Gasteiger partial charge is 0.262 e. The summed E-state index contributed by atoms with van der Waals surface area (Å²) in [7, 11) is 0. The Morgan fingerprint density at radius 3 is 3.05 bits per heavy atom. The lowest BCUT2D eigenvalue weighted by Crippen LogP contribution is -2.21. The van der Waals surface area contributed by atoms with Gasteiger partial charge < -0.3 is 4.98 Å². The van der Waals surface area contributed by atoms with Crippen LogP contribution in [0, 0.1) is 6.92 Å². The van der Waals surface area contributed by atoms with E-state index in [2.05, 4.69) is 20.0 Å². The zero-order chi connectivity index (χ0) is 14.1. The van der Waals surface area contributed by atoms with Gasteiger partial charge in [0.05, 0.1) is 11.0 Å². The van der Waals surface area contributed by atoms with Gasteiger partial charge in [0, 0.05) is 22.7 Å². The first-order chi connectivity index (χ1) is 9.72. The van der Waals surface area contributed by atoms with E-state index in [9.17, 15) is 4.79 Å². The zero-order valence-electron chi connectivity index (χ0n) is 10.9. The minimum absolute atomic E-state index is 0.113. The first-order valence-corrected chi connectivity index (χ1v) is 6.22. The molecule has 0 saturated heterocycles. The number of hydrogen-bond donors (Lipinski definition) is 1. The molecule has 2 aromatic heterocycles. The van der Waals surface area contributed by atoms with Crippen LogP contribution in [0.2, 0.25) is 0 Å². The average molecular weight is 268 g/mol. The van der Waals surface area contributed by atoms with Gasteiger partial charge in [-0.1, -0.05) is 17.2 Å². The standard InChI is InChI=1S/C13H12N6O/c1-8-9(6-7-15-18-14)12(20)19-11-5-3-2-4-10(11)17-13(19)16-8/h2-5H,6-7H2,1H3,(H,16,17). The molecule has 2 heterocycles. The van der Waals surface area contributed by atoms with Crippen molar-refractivity contribution in [3.8, 4) is 0 Å². The summed E-state index contributed by atoms with van der Waals surface area (Å²) in [6.07, 6.45) is 0.410. The number of imidazole rings is 1. The van der Waals surface area contributed by atoms with Crippen LogP contribution >= 0.6 is 0 Å². The highest BCUT2D eigenvalue weighted by Gasteiger charge is 2.12. The number of H-pyrrole nitrogens is 1. The lowest BCUT2D eigenvalue weighted by Gasteiger charge is -2.05. The Hall–Kier alpha value is -2.79. The van der Waals surface area contributed by atoms with Crippen molar-refractivity contribution in [3.05, 3.63) is 56.3 Å². The number of aryl methyl sites for hydroxylation is 1. The topological polar surface area (TPSA) is 98.9 Å². The summed E-state index contributed by atoms with van der Waals surface area (Å²) in [6, 6.07) is 7.48. The average Bonchev–Trinajstić information content (AvgIpc) is 2.80. The third kappa shape index (κ3) is 1.81. The fourth-order valence-electron chi connectivity index (χ4n) is 2.35. The zero-order valence-corrected chi connectivity index (χ0v) is 10.9. The Morgan fingerprint density at radius 2 is 2.25 bits per heavy atom. The molecule has 7 nitrogen and oxygen atoms in total. The van der Waals surface area contributed by atoms with Crippen molar-refractivity contribution in [3.63, 3.8) is 0 Å². The molecule has 0 spiro atoms. The summed E-state index contributed by atoms with van der Waals surface area (Å²) >= 11 is 0. The Labute approximate surface area is 113 Å². The molecule has 1 N–H and O–H groups in total. The molecule has 0 saturated carbocycles. The Balaban J connectivity index is 2.29. The SMILES string of the molecule is Cc1[nH]c2nc3ccccc3n2c(=O)c1CCN=[N+]=[N-]. The van der Waals surface area contributed by atoms with Crippen LogP contribution < -0.4 is 5.56 Å². The summed E-state index contributed by atoms with van der Waals surface area (Å²) < 4.78 is 1.56. The van der Waals surface area contributed by atoms with Crippen molar-refractivity contribution >= 4 is 16.8 Å². The first kappa shape index (κ1) is 12.3. The molecule has 0 bridgehead atoms. The van der Waals surface area contributed by atoms with Crippen molar-refractivity contribution in [1.82, 2.24) is 14.4 Å².